The van der Waals surface area contributed by atoms with Crippen molar-refractivity contribution in [3.05, 3.63) is 28.2 Å². The normalized spacial score (nSPS) is 19.3. The first-order valence-corrected chi connectivity index (χ1v) is 7.73. The summed E-state index contributed by atoms with van der Waals surface area (Å²) >= 11 is 3.55. The Bertz CT molecular complexity index is 409. The third-order valence-corrected chi connectivity index (χ3v) is 4.44. The van der Waals surface area contributed by atoms with Crippen molar-refractivity contribution in [2.45, 2.75) is 31.8 Å². The molecule has 114 valence electrons. The Labute approximate surface area is 136 Å². The van der Waals surface area contributed by atoms with Crippen LogP contribution in [0.4, 0.5) is 0 Å². The van der Waals surface area contributed by atoms with Gasteiger partial charge in [0.05, 0.1) is 11.6 Å². The lowest BCUT2D eigenvalue weighted by Gasteiger charge is -2.27. The van der Waals surface area contributed by atoms with Gasteiger partial charge in [0.1, 0.15) is 5.75 Å². The Balaban J connectivity index is 0.00000200. The largest absolute Gasteiger partial charge is 0.496 e. The fourth-order valence-electron chi connectivity index (χ4n) is 2.67. The summed E-state index contributed by atoms with van der Waals surface area (Å²) in [6.07, 6.45) is 3.82. The van der Waals surface area contributed by atoms with Crippen LogP contribution >= 0.6 is 28.3 Å². The van der Waals surface area contributed by atoms with Gasteiger partial charge < -0.3 is 10.1 Å². The highest BCUT2D eigenvalue weighted by Crippen LogP contribution is 2.26. The molecule has 1 atom stereocenters. The number of ether oxygens (including phenoxy) is 1. The smallest absolute Gasteiger partial charge is 0.133 e. The molecule has 1 aliphatic heterocycles. The Morgan fingerprint density at radius 2 is 2.15 bits per heavy atom. The van der Waals surface area contributed by atoms with E-state index in [4.69, 9.17) is 4.74 Å². The summed E-state index contributed by atoms with van der Waals surface area (Å²) in [5.41, 5.74) is 1.33. The van der Waals surface area contributed by atoms with Gasteiger partial charge in [-0.25, -0.2) is 0 Å². The summed E-state index contributed by atoms with van der Waals surface area (Å²) in [5, 5.41) is 3.47. The van der Waals surface area contributed by atoms with Crippen LogP contribution in [0.5, 0.6) is 5.75 Å². The van der Waals surface area contributed by atoms with Crippen molar-refractivity contribution in [1.82, 2.24) is 10.2 Å². The molecule has 1 N–H and O–H groups in total. The van der Waals surface area contributed by atoms with E-state index in [-0.39, 0.29) is 12.4 Å². The van der Waals surface area contributed by atoms with Crippen LogP contribution in [0.2, 0.25) is 0 Å². The summed E-state index contributed by atoms with van der Waals surface area (Å²) in [7, 11) is 3.93. The molecule has 0 bridgehead atoms. The van der Waals surface area contributed by atoms with Crippen molar-refractivity contribution < 1.29 is 4.74 Å². The quantitative estimate of drug-likeness (QED) is 0.886. The first-order valence-electron chi connectivity index (χ1n) is 6.94. The van der Waals surface area contributed by atoms with E-state index >= 15 is 0 Å². The van der Waals surface area contributed by atoms with Crippen molar-refractivity contribution in [2.24, 2.45) is 0 Å². The summed E-state index contributed by atoms with van der Waals surface area (Å²) in [6.45, 7) is 3.30. The van der Waals surface area contributed by atoms with Crippen LogP contribution in [-0.2, 0) is 6.54 Å². The van der Waals surface area contributed by atoms with E-state index in [1.165, 1.54) is 31.4 Å². The fraction of sp³-hybridized carbons (Fsp3) is 0.600. The molecule has 1 aromatic carbocycles. The van der Waals surface area contributed by atoms with Crippen LogP contribution in [0.15, 0.2) is 22.7 Å². The van der Waals surface area contributed by atoms with Crippen LogP contribution in [0.1, 0.15) is 24.8 Å². The van der Waals surface area contributed by atoms with Gasteiger partial charge in [0, 0.05) is 12.6 Å². The number of hydrogen-bond donors (Lipinski definition) is 1. The van der Waals surface area contributed by atoms with Gasteiger partial charge in [-0.3, -0.25) is 4.90 Å². The second-order valence-corrected chi connectivity index (χ2v) is 6.07. The molecule has 1 aromatic rings. The lowest BCUT2D eigenvalue weighted by molar-refractivity contribution is 0.216. The second kappa shape index (κ2) is 8.88. The SMILES string of the molecule is COc1ccc(CN(C)C2CCCNCC2)cc1Br.Cl. The minimum absolute atomic E-state index is 0. The van der Waals surface area contributed by atoms with Crippen LogP contribution in [0.3, 0.4) is 0 Å². The Hall–Kier alpha value is -0.290. The minimum atomic E-state index is 0. The summed E-state index contributed by atoms with van der Waals surface area (Å²) in [5.74, 6) is 0.894. The predicted molar refractivity (Wildman–Crippen MR) is 89.9 cm³/mol. The summed E-state index contributed by atoms with van der Waals surface area (Å²) < 4.78 is 6.30. The topological polar surface area (TPSA) is 24.5 Å². The van der Waals surface area contributed by atoms with Gasteiger partial charge in [0.15, 0.2) is 0 Å². The molecule has 5 heteroatoms. The number of nitrogens with one attached hydrogen (secondary N) is 1. The average Bonchev–Trinajstić information content (AvgIpc) is 2.68. The highest BCUT2D eigenvalue weighted by Gasteiger charge is 2.17. The number of halogens is 2. The van der Waals surface area contributed by atoms with Crippen LogP contribution < -0.4 is 10.1 Å². The van der Waals surface area contributed by atoms with E-state index < -0.39 is 0 Å². The second-order valence-electron chi connectivity index (χ2n) is 5.22. The van der Waals surface area contributed by atoms with Crippen LogP contribution in [-0.4, -0.2) is 38.2 Å². The zero-order chi connectivity index (χ0) is 13.7. The molecule has 0 aromatic heterocycles. The molecule has 0 aliphatic carbocycles. The fourth-order valence-corrected chi connectivity index (χ4v) is 3.25. The van der Waals surface area contributed by atoms with E-state index in [1.54, 1.807) is 7.11 Å². The van der Waals surface area contributed by atoms with Crippen molar-refractivity contribution >= 4 is 28.3 Å². The van der Waals surface area contributed by atoms with Gasteiger partial charge in [-0.2, -0.15) is 0 Å². The number of methoxy groups -OCH3 is 1. The Kier molecular flexibility index (Phi) is 7.88. The van der Waals surface area contributed by atoms with Gasteiger partial charge >= 0.3 is 0 Å². The van der Waals surface area contributed by atoms with E-state index in [1.807, 2.05) is 6.07 Å². The number of benzene rings is 1. The molecule has 0 spiro atoms. The predicted octanol–water partition coefficient (Wildman–Crippen LogP) is 3.45. The maximum atomic E-state index is 5.27. The molecule has 20 heavy (non-hydrogen) atoms. The monoisotopic (exact) mass is 362 g/mol. The molecule has 0 saturated carbocycles. The van der Waals surface area contributed by atoms with E-state index in [9.17, 15) is 0 Å². The van der Waals surface area contributed by atoms with Crippen molar-refractivity contribution in [3.63, 3.8) is 0 Å². The van der Waals surface area contributed by atoms with Crippen molar-refractivity contribution in [1.29, 1.82) is 0 Å². The maximum absolute atomic E-state index is 5.27. The first-order chi connectivity index (χ1) is 9.20. The van der Waals surface area contributed by atoms with Gasteiger partial charge in [0.2, 0.25) is 0 Å². The molecular weight excluding hydrogens is 340 g/mol. The lowest BCUT2D eigenvalue weighted by Crippen LogP contribution is -2.32. The molecule has 1 heterocycles. The standard InChI is InChI=1S/C15H23BrN2O.ClH/c1-18(13-4-3-8-17-9-7-13)11-12-5-6-15(19-2)14(16)10-12;/h5-6,10,13,17H,3-4,7-9,11H2,1-2H3;1H. The average molecular weight is 364 g/mol. The highest BCUT2D eigenvalue weighted by atomic mass is 79.9. The molecule has 2 rings (SSSR count). The van der Waals surface area contributed by atoms with Gasteiger partial charge in [-0.05, 0) is 73.0 Å². The molecule has 1 fully saturated rings. The molecule has 1 unspecified atom stereocenters. The zero-order valence-corrected chi connectivity index (χ0v) is 14.6. The van der Waals surface area contributed by atoms with Gasteiger partial charge in [-0.15, -0.1) is 12.4 Å². The van der Waals surface area contributed by atoms with E-state index in [2.05, 4.69) is 45.3 Å². The van der Waals surface area contributed by atoms with E-state index in [0.29, 0.717) is 6.04 Å². The number of rotatable bonds is 4. The maximum Gasteiger partial charge on any atom is 0.133 e. The zero-order valence-electron chi connectivity index (χ0n) is 12.2. The molecule has 0 radical (unpaired) electrons. The van der Waals surface area contributed by atoms with Crippen LogP contribution in [0, 0.1) is 0 Å². The molecule has 0 amide bonds. The Morgan fingerprint density at radius 3 is 2.85 bits per heavy atom. The first kappa shape index (κ1) is 17.8. The van der Waals surface area contributed by atoms with Gasteiger partial charge in [0.25, 0.3) is 0 Å². The van der Waals surface area contributed by atoms with E-state index in [0.717, 1.165) is 23.3 Å². The van der Waals surface area contributed by atoms with Crippen molar-refractivity contribution in [2.75, 3.05) is 27.2 Å². The number of hydrogen-bond acceptors (Lipinski definition) is 3. The molecule has 3 nitrogen and oxygen atoms in total. The Morgan fingerprint density at radius 1 is 1.35 bits per heavy atom. The van der Waals surface area contributed by atoms with Gasteiger partial charge in [-0.1, -0.05) is 6.07 Å². The van der Waals surface area contributed by atoms with Crippen LogP contribution in [0.25, 0.3) is 0 Å². The lowest BCUT2D eigenvalue weighted by atomic mass is 10.1. The third kappa shape index (κ3) is 4.92. The molecule has 1 saturated heterocycles. The molecular formula is C15H24BrClN2O. The molecule has 1 aliphatic rings. The summed E-state index contributed by atoms with van der Waals surface area (Å²) in [6, 6.07) is 7.03. The highest BCUT2D eigenvalue weighted by molar-refractivity contribution is 9.10. The van der Waals surface area contributed by atoms with Crippen molar-refractivity contribution in [3.8, 4) is 5.75 Å². The third-order valence-electron chi connectivity index (χ3n) is 3.82. The summed E-state index contributed by atoms with van der Waals surface area (Å²) in [4.78, 5) is 2.47. The number of nitrogens with zero attached hydrogens (tertiary/aromatic N) is 1. The minimum Gasteiger partial charge on any atom is -0.496 e.